The zero-order valence-electron chi connectivity index (χ0n) is 11.2. The number of ether oxygens (including phenoxy) is 1. The van der Waals surface area contributed by atoms with E-state index in [1.165, 1.54) is 6.92 Å². The predicted molar refractivity (Wildman–Crippen MR) is 84.5 cm³/mol. The van der Waals surface area contributed by atoms with Crippen LogP contribution in [0.25, 0.3) is 0 Å². The lowest BCUT2D eigenvalue weighted by atomic mass is 10.3. The molecule has 0 spiro atoms. The normalized spacial score (nSPS) is 9.81. The van der Waals surface area contributed by atoms with Crippen LogP contribution < -0.4 is 15.4 Å². The molecule has 0 aliphatic carbocycles. The molecule has 2 aromatic rings. The first-order valence-electron chi connectivity index (χ1n) is 6.15. The summed E-state index contributed by atoms with van der Waals surface area (Å²) in [6.07, 6.45) is 0. The Kier molecular flexibility index (Phi) is 4.94. The van der Waals surface area contributed by atoms with E-state index in [9.17, 15) is 9.59 Å². The van der Waals surface area contributed by atoms with Gasteiger partial charge < -0.3 is 15.4 Å². The van der Waals surface area contributed by atoms with Gasteiger partial charge in [-0.1, -0.05) is 18.2 Å². The molecule has 2 rings (SSSR count). The van der Waals surface area contributed by atoms with Gasteiger partial charge in [-0.2, -0.15) is 0 Å². The lowest BCUT2D eigenvalue weighted by Gasteiger charge is -2.10. The van der Waals surface area contributed by atoms with Crippen molar-refractivity contribution in [3.8, 4) is 5.75 Å². The van der Waals surface area contributed by atoms with Crippen LogP contribution in [0.3, 0.4) is 0 Å². The van der Waals surface area contributed by atoms with Crippen molar-refractivity contribution < 1.29 is 14.3 Å². The summed E-state index contributed by atoms with van der Waals surface area (Å²) < 4.78 is 5.74. The standard InChI is InChI=1S/C15H13BrN2O3/c1-10(19)21-12-6-4-5-11(9-12)17-15(20)18-14-8-3-2-7-13(14)16/h2-9H,1H3,(H2,17,18,20). The highest BCUT2D eigenvalue weighted by atomic mass is 79.9. The number of carbonyl (C=O) groups is 2. The molecule has 0 saturated carbocycles. The topological polar surface area (TPSA) is 67.4 Å². The number of hydrogen-bond donors (Lipinski definition) is 2. The number of amides is 2. The summed E-state index contributed by atoms with van der Waals surface area (Å²) in [5, 5.41) is 5.38. The second-order valence-electron chi connectivity index (χ2n) is 4.18. The van der Waals surface area contributed by atoms with E-state index < -0.39 is 5.97 Å². The SMILES string of the molecule is CC(=O)Oc1cccc(NC(=O)Nc2ccccc2Br)c1. The maximum atomic E-state index is 11.9. The molecule has 0 fully saturated rings. The number of para-hydroxylation sites is 1. The fourth-order valence-corrected chi connectivity index (χ4v) is 2.03. The molecule has 108 valence electrons. The molecular formula is C15H13BrN2O3. The highest BCUT2D eigenvalue weighted by Crippen LogP contribution is 2.22. The molecule has 5 nitrogen and oxygen atoms in total. The Bertz CT molecular complexity index is 673. The predicted octanol–water partition coefficient (Wildman–Crippen LogP) is 4.02. The van der Waals surface area contributed by atoms with Crippen molar-refractivity contribution in [2.75, 3.05) is 10.6 Å². The third kappa shape index (κ3) is 4.61. The van der Waals surface area contributed by atoms with Crippen LogP contribution in [0.4, 0.5) is 16.2 Å². The fraction of sp³-hybridized carbons (Fsp3) is 0.0667. The van der Waals surface area contributed by atoms with E-state index in [1.807, 2.05) is 18.2 Å². The van der Waals surface area contributed by atoms with Crippen LogP contribution in [-0.4, -0.2) is 12.0 Å². The van der Waals surface area contributed by atoms with Crippen LogP contribution in [-0.2, 0) is 4.79 Å². The number of hydrogen-bond acceptors (Lipinski definition) is 3. The fourth-order valence-electron chi connectivity index (χ4n) is 1.65. The third-order valence-electron chi connectivity index (χ3n) is 2.48. The van der Waals surface area contributed by atoms with Crippen LogP contribution in [0.15, 0.2) is 53.0 Å². The Morgan fingerprint density at radius 2 is 1.81 bits per heavy atom. The Balaban J connectivity index is 2.03. The van der Waals surface area contributed by atoms with Crippen LogP contribution >= 0.6 is 15.9 Å². The van der Waals surface area contributed by atoms with E-state index >= 15 is 0 Å². The molecule has 0 aliphatic heterocycles. The van der Waals surface area contributed by atoms with E-state index in [0.717, 1.165) is 4.47 Å². The second-order valence-corrected chi connectivity index (χ2v) is 5.03. The van der Waals surface area contributed by atoms with Gasteiger partial charge in [-0.3, -0.25) is 4.79 Å². The summed E-state index contributed by atoms with van der Waals surface area (Å²) in [4.78, 5) is 22.8. The van der Waals surface area contributed by atoms with Gasteiger partial charge in [-0.15, -0.1) is 0 Å². The summed E-state index contributed by atoms with van der Waals surface area (Å²) in [5.74, 6) is -0.0361. The number of benzene rings is 2. The molecule has 0 bridgehead atoms. The minimum absolute atomic E-state index is 0.376. The molecule has 0 atom stereocenters. The Hall–Kier alpha value is -2.34. The van der Waals surface area contributed by atoms with Crippen molar-refractivity contribution in [1.82, 2.24) is 0 Å². The molecule has 0 aliphatic rings. The molecule has 21 heavy (non-hydrogen) atoms. The van der Waals surface area contributed by atoms with Gasteiger partial charge in [0, 0.05) is 23.2 Å². The zero-order valence-corrected chi connectivity index (χ0v) is 12.8. The van der Waals surface area contributed by atoms with Gasteiger partial charge in [-0.25, -0.2) is 4.79 Å². The van der Waals surface area contributed by atoms with E-state index in [0.29, 0.717) is 17.1 Å². The van der Waals surface area contributed by atoms with E-state index in [-0.39, 0.29) is 6.03 Å². The van der Waals surface area contributed by atoms with Gasteiger partial charge in [0.05, 0.1) is 5.69 Å². The number of urea groups is 1. The summed E-state index contributed by atoms with van der Waals surface area (Å²) in [5.41, 5.74) is 1.18. The van der Waals surface area contributed by atoms with Crippen LogP contribution in [0.1, 0.15) is 6.92 Å². The zero-order chi connectivity index (χ0) is 15.2. The summed E-state index contributed by atoms with van der Waals surface area (Å²) >= 11 is 3.35. The summed E-state index contributed by atoms with van der Waals surface area (Å²) in [6, 6.07) is 13.5. The number of esters is 1. The van der Waals surface area contributed by atoms with Gasteiger partial charge in [0.25, 0.3) is 0 Å². The van der Waals surface area contributed by atoms with Gasteiger partial charge in [0.15, 0.2) is 0 Å². The van der Waals surface area contributed by atoms with Crippen LogP contribution in [0.2, 0.25) is 0 Å². The van der Waals surface area contributed by atoms with Crippen molar-refractivity contribution in [3.05, 3.63) is 53.0 Å². The first-order chi connectivity index (χ1) is 10.0. The van der Waals surface area contributed by atoms with E-state index in [2.05, 4.69) is 26.6 Å². The third-order valence-corrected chi connectivity index (χ3v) is 3.17. The molecule has 0 aromatic heterocycles. The van der Waals surface area contributed by atoms with Crippen molar-refractivity contribution in [3.63, 3.8) is 0 Å². The molecule has 0 heterocycles. The molecule has 0 unspecified atom stereocenters. The highest BCUT2D eigenvalue weighted by molar-refractivity contribution is 9.10. The minimum Gasteiger partial charge on any atom is -0.427 e. The van der Waals surface area contributed by atoms with E-state index in [1.54, 1.807) is 30.3 Å². The molecule has 6 heteroatoms. The average molecular weight is 349 g/mol. The smallest absolute Gasteiger partial charge is 0.323 e. The first kappa shape index (κ1) is 15.1. The lowest BCUT2D eigenvalue weighted by molar-refractivity contribution is -0.131. The van der Waals surface area contributed by atoms with Crippen LogP contribution in [0.5, 0.6) is 5.75 Å². The monoisotopic (exact) mass is 348 g/mol. The Morgan fingerprint density at radius 3 is 2.52 bits per heavy atom. The van der Waals surface area contributed by atoms with Gasteiger partial charge in [0.2, 0.25) is 0 Å². The Labute approximate surface area is 130 Å². The quantitative estimate of drug-likeness (QED) is 0.650. The molecule has 0 saturated heterocycles. The molecule has 2 amide bonds. The van der Waals surface area contributed by atoms with Gasteiger partial charge >= 0.3 is 12.0 Å². The number of halogens is 1. The molecule has 0 radical (unpaired) electrons. The maximum Gasteiger partial charge on any atom is 0.323 e. The maximum absolute atomic E-state index is 11.9. The van der Waals surface area contributed by atoms with Gasteiger partial charge in [-0.05, 0) is 40.2 Å². The summed E-state index contributed by atoms with van der Waals surface area (Å²) in [6.45, 7) is 1.32. The molecular weight excluding hydrogens is 336 g/mol. The van der Waals surface area contributed by atoms with Gasteiger partial charge in [0.1, 0.15) is 5.75 Å². The minimum atomic E-state index is -0.412. The van der Waals surface area contributed by atoms with Crippen molar-refractivity contribution in [2.45, 2.75) is 6.92 Å². The summed E-state index contributed by atoms with van der Waals surface area (Å²) in [7, 11) is 0. The number of rotatable bonds is 3. The Morgan fingerprint density at radius 1 is 1.05 bits per heavy atom. The van der Waals surface area contributed by atoms with Crippen molar-refractivity contribution in [1.29, 1.82) is 0 Å². The van der Waals surface area contributed by atoms with Crippen LogP contribution in [0, 0.1) is 0 Å². The highest BCUT2D eigenvalue weighted by Gasteiger charge is 2.06. The van der Waals surface area contributed by atoms with E-state index in [4.69, 9.17) is 4.74 Å². The lowest BCUT2D eigenvalue weighted by Crippen LogP contribution is -2.19. The average Bonchev–Trinajstić information content (AvgIpc) is 2.41. The molecule has 2 N–H and O–H groups in total. The largest absolute Gasteiger partial charge is 0.427 e. The second kappa shape index (κ2) is 6.90. The van der Waals surface area contributed by atoms with Crippen molar-refractivity contribution >= 4 is 39.3 Å². The number of carbonyl (C=O) groups excluding carboxylic acids is 2. The number of anilines is 2. The first-order valence-corrected chi connectivity index (χ1v) is 6.95. The molecule has 2 aromatic carbocycles. The number of nitrogens with one attached hydrogen (secondary N) is 2. The van der Waals surface area contributed by atoms with Crippen molar-refractivity contribution in [2.24, 2.45) is 0 Å².